The summed E-state index contributed by atoms with van der Waals surface area (Å²) >= 11 is 0. The van der Waals surface area contributed by atoms with Gasteiger partial charge in [0.25, 0.3) is 0 Å². The molecule has 100 valence electrons. The number of ether oxygens (including phenoxy) is 1. The molecule has 0 saturated heterocycles. The van der Waals surface area contributed by atoms with E-state index in [1.165, 1.54) is 28.7 Å². The van der Waals surface area contributed by atoms with Crippen molar-refractivity contribution in [3.8, 4) is 0 Å². The third-order valence-corrected chi connectivity index (χ3v) is 6.20. The monoisotopic (exact) mass is 280 g/mol. The smallest absolute Gasteiger partial charge is 0.309 e. The highest BCUT2D eigenvalue weighted by molar-refractivity contribution is 8.77. The van der Waals surface area contributed by atoms with Crippen LogP contribution in [0.15, 0.2) is 0 Å². The average molecular weight is 280 g/mol. The van der Waals surface area contributed by atoms with Crippen molar-refractivity contribution in [3.05, 3.63) is 0 Å². The van der Waals surface area contributed by atoms with Crippen LogP contribution in [-0.2, 0) is 14.3 Å². The highest BCUT2D eigenvalue weighted by Crippen LogP contribution is 2.41. The standard InChI is InChI=1S/C11H20O4S2/c1-7(9(12)13)6-16-17-11(3,4)8(2)10(14)15-5/h7-8H,6H2,1-5H3,(H,12,13)/t7-,8-/m1/s1. The van der Waals surface area contributed by atoms with Crippen LogP contribution in [0.1, 0.15) is 27.7 Å². The molecule has 0 aromatic carbocycles. The molecule has 0 fully saturated rings. The van der Waals surface area contributed by atoms with Gasteiger partial charge in [0.05, 0.1) is 18.9 Å². The molecular weight excluding hydrogens is 260 g/mol. The van der Waals surface area contributed by atoms with Crippen molar-refractivity contribution in [2.24, 2.45) is 11.8 Å². The molecule has 0 aliphatic rings. The van der Waals surface area contributed by atoms with E-state index in [0.717, 1.165) is 0 Å². The summed E-state index contributed by atoms with van der Waals surface area (Å²) in [6, 6.07) is 0. The lowest BCUT2D eigenvalue weighted by molar-refractivity contribution is -0.145. The van der Waals surface area contributed by atoms with E-state index in [9.17, 15) is 9.59 Å². The molecule has 2 atom stereocenters. The van der Waals surface area contributed by atoms with E-state index in [2.05, 4.69) is 0 Å². The highest BCUT2D eigenvalue weighted by atomic mass is 33.1. The number of hydrogen-bond donors (Lipinski definition) is 1. The Hall–Kier alpha value is -0.360. The van der Waals surface area contributed by atoms with Gasteiger partial charge >= 0.3 is 11.9 Å². The summed E-state index contributed by atoms with van der Waals surface area (Å²) < 4.78 is 4.43. The van der Waals surface area contributed by atoms with E-state index in [-0.39, 0.29) is 22.6 Å². The summed E-state index contributed by atoms with van der Waals surface area (Å²) in [6.45, 7) is 7.40. The summed E-state index contributed by atoms with van der Waals surface area (Å²) in [7, 11) is 4.38. The first-order valence-electron chi connectivity index (χ1n) is 5.33. The second kappa shape index (κ2) is 7.16. The van der Waals surface area contributed by atoms with Crippen molar-refractivity contribution < 1.29 is 19.4 Å². The maximum atomic E-state index is 11.4. The summed E-state index contributed by atoms with van der Waals surface area (Å²) in [5.41, 5.74) is 0. The van der Waals surface area contributed by atoms with Crippen LogP contribution in [0.25, 0.3) is 0 Å². The van der Waals surface area contributed by atoms with E-state index in [1.807, 2.05) is 20.8 Å². The summed E-state index contributed by atoms with van der Waals surface area (Å²) in [5.74, 6) is -1.12. The normalized spacial score (nSPS) is 15.1. The average Bonchev–Trinajstić information content (AvgIpc) is 2.26. The number of carboxylic acid groups (broad SMARTS) is 1. The fourth-order valence-corrected chi connectivity index (χ4v) is 4.01. The third kappa shape index (κ3) is 5.68. The Morgan fingerprint density at radius 3 is 2.29 bits per heavy atom. The number of methoxy groups -OCH3 is 1. The van der Waals surface area contributed by atoms with Crippen LogP contribution >= 0.6 is 21.6 Å². The van der Waals surface area contributed by atoms with E-state index in [0.29, 0.717) is 5.75 Å². The van der Waals surface area contributed by atoms with Crippen LogP contribution in [0.2, 0.25) is 0 Å². The number of aliphatic carboxylic acids is 1. The van der Waals surface area contributed by atoms with Gasteiger partial charge in [-0.05, 0) is 13.8 Å². The predicted molar refractivity (Wildman–Crippen MR) is 72.1 cm³/mol. The summed E-state index contributed by atoms with van der Waals surface area (Å²) in [4.78, 5) is 22.1. The first-order valence-corrected chi connectivity index (χ1v) is 7.65. The molecule has 0 aromatic rings. The Bertz CT molecular complexity index is 279. The van der Waals surface area contributed by atoms with Crippen LogP contribution in [0.5, 0.6) is 0 Å². The molecule has 0 bridgehead atoms. The molecule has 0 radical (unpaired) electrons. The lowest BCUT2D eigenvalue weighted by Crippen LogP contribution is -2.32. The second-order valence-corrected chi connectivity index (χ2v) is 7.45. The number of hydrogen-bond acceptors (Lipinski definition) is 5. The number of rotatable bonds is 7. The molecule has 0 aliphatic heterocycles. The van der Waals surface area contributed by atoms with Gasteiger partial charge in [0.15, 0.2) is 0 Å². The largest absolute Gasteiger partial charge is 0.481 e. The van der Waals surface area contributed by atoms with Gasteiger partial charge < -0.3 is 9.84 Å². The minimum Gasteiger partial charge on any atom is -0.481 e. The van der Waals surface area contributed by atoms with Crippen molar-refractivity contribution >= 4 is 33.5 Å². The van der Waals surface area contributed by atoms with Crippen molar-refractivity contribution in [1.29, 1.82) is 0 Å². The van der Waals surface area contributed by atoms with Gasteiger partial charge in [0.1, 0.15) is 0 Å². The lowest BCUT2D eigenvalue weighted by atomic mass is 9.97. The molecule has 0 spiro atoms. The zero-order valence-corrected chi connectivity index (χ0v) is 12.5. The van der Waals surface area contributed by atoms with Crippen molar-refractivity contribution in [1.82, 2.24) is 0 Å². The number of carbonyl (C=O) groups is 2. The molecule has 1 N–H and O–H groups in total. The van der Waals surface area contributed by atoms with E-state index in [4.69, 9.17) is 9.84 Å². The Kier molecular flexibility index (Phi) is 7.01. The van der Waals surface area contributed by atoms with Crippen LogP contribution in [0, 0.1) is 11.8 Å². The van der Waals surface area contributed by atoms with Crippen LogP contribution in [-0.4, -0.2) is 34.7 Å². The quantitative estimate of drug-likeness (QED) is 0.571. The molecule has 0 saturated carbocycles. The maximum Gasteiger partial charge on any atom is 0.309 e. The second-order valence-electron chi connectivity index (χ2n) is 4.46. The summed E-state index contributed by atoms with van der Waals surface area (Å²) in [5, 5.41) is 8.75. The van der Waals surface area contributed by atoms with Crippen molar-refractivity contribution in [3.63, 3.8) is 0 Å². The van der Waals surface area contributed by atoms with Gasteiger partial charge in [-0.25, -0.2) is 0 Å². The van der Waals surface area contributed by atoms with Crippen molar-refractivity contribution in [2.75, 3.05) is 12.9 Å². The maximum absolute atomic E-state index is 11.4. The van der Waals surface area contributed by atoms with E-state index < -0.39 is 5.97 Å². The minimum atomic E-state index is -0.795. The van der Waals surface area contributed by atoms with E-state index >= 15 is 0 Å². The Balaban J connectivity index is 4.18. The number of esters is 1. The fraction of sp³-hybridized carbons (Fsp3) is 0.818. The van der Waals surface area contributed by atoms with Crippen LogP contribution in [0.4, 0.5) is 0 Å². The number of carboxylic acids is 1. The third-order valence-electron chi connectivity index (χ3n) is 2.61. The van der Waals surface area contributed by atoms with Gasteiger partial charge in [0.2, 0.25) is 0 Å². The Labute approximate surface area is 110 Å². The van der Waals surface area contributed by atoms with E-state index in [1.54, 1.807) is 6.92 Å². The first kappa shape index (κ1) is 16.6. The predicted octanol–water partition coefficient (Wildman–Crippen LogP) is 2.68. The van der Waals surface area contributed by atoms with Crippen molar-refractivity contribution in [2.45, 2.75) is 32.4 Å². The fourth-order valence-electron chi connectivity index (χ4n) is 0.892. The highest BCUT2D eigenvalue weighted by Gasteiger charge is 2.33. The molecule has 6 heteroatoms. The lowest BCUT2D eigenvalue weighted by Gasteiger charge is -2.28. The minimum absolute atomic E-state index is 0.231. The number of carbonyl (C=O) groups excluding carboxylic acids is 1. The van der Waals surface area contributed by atoms with Crippen LogP contribution < -0.4 is 0 Å². The first-order chi connectivity index (χ1) is 7.72. The molecule has 0 unspecified atom stereocenters. The Morgan fingerprint density at radius 1 is 1.35 bits per heavy atom. The zero-order chi connectivity index (χ0) is 13.6. The molecule has 0 amide bonds. The van der Waals surface area contributed by atoms with Crippen LogP contribution in [0.3, 0.4) is 0 Å². The van der Waals surface area contributed by atoms with Gasteiger partial charge in [-0.2, -0.15) is 0 Å². The topological polar surface area (TPSA) is 63.6 Å². The molecular formula is C11H20O4S2. The molecule has 0 aromatic heterocycles. The molecule has 4 nitrogen and oxygen atoms in total. The SMILES string of the molecule is COC(=O)[C@@H](C)C(C)(C)SSC[C@@H](C)C(=O)O. The summed E-state index contributed by atoms with van der Waals surface area (Å²) in [6.07, 6.45) is 0. The zero-order valence-electron chi connectivity index (χ0n) is 10.9. The molecule has 0 rings (SSSR count). The molecule has 0 aliphatic carbocycles. The van der Waals surface area contributed by atoms with Gasteiger partial charge in [-0.1, -0.05) is 35.4 Å². The Morgan fingerprint density at radius 2 is 1.88 bits per heavy atom. The van der Waals surface area contributed by atoms with Gasteiger partial charge in [-0.3, -0.25) is 9.59 Å². The van der Waals surface area contributed by atoms with Gasteiger partial charge in [-0.15, -0.1) is 0 Å². The molecule has 0 heterocycles. The molecule has 17 heavy (non-hydrogen) atoms. The van der Waals surface area contributed by atoms with Gasteiger partial charge in [0, 0.05) is 10.5 Å².